The first-order valence-electron chi connectivity index (χ1n) is 11.0. The van der Waals surface area contributed by atoms with Gasteiger partial charge in [-0.25, -0.2) is 8.78 Å². The highest BCUT2D eigenvalue weighted by molar-refractivity contribution is 14.0. The lowest BCUT2D eigenvalue weighted by atomic mass is 9.85. The van der Waals surface area contributed by atoms with E-state index in [0.29, 0.717) is 50.5 Å². The van der Waals surface area contributed by atoms with E-state index in [2.05, 4.69) is 27.8 Å². The van der Waals surface area contributed by atoms with Gasteiger partial charge in [0.2, 0.25) is 11.8 Å². The molecule has 32 heavy (non-hydrogen) atoms. The lowest BCUT2D eigenvalue weighted by Gasteiger charge is -2.17. The third-order valence-corrected chi connectivity index (χ3v) is 6.41. The van der Waals surface area contributed by atoms with Crippen molar-refractivity contribution in [2.24, 2.45) is 28.7 Å². The third kappa shape index (κ3) is 4.97. The number of carbonyl (C=O) groups excluding carboxylic acids is 2. The van der Waals surface area contributed by atoms with Crippen LogP contribution in [0.5, 0.6) is 0 Å². The number of halogens is 3. The van der Waals surface area contributed by atoms with E-state index in [1.807, 2.05) is 6.92 Å². The zero-order valence-corrected chi connectivity index (χ0v) is 20.4. The summed E-state index contributed by atoms with van der Waals surface area (Å²) < 4.78 is 27.0. The second-order valence-electron chi connectivity index (χ2n) is 8.35. The zero-order chi connectivity index (χ0) is 22.0. The zero-order valence-electron chi connectivity index (χ0n) is 18.0. The summed E-state index contributed by atoms with van der Waals surface area (Å²) in [5, 5.41) is 6.22. The molecule has 2 aliphatic carbocycles. The number of hydrogen-bond acceptors (Lipinski definition) is 3. The Labute approximate surface area is 203 Å². The van der Waals surface area contributed by atoms with Gasteiger partial charge in [0, 0.05) is 26.2 Å². The van der Waals surface area contributed by atoms with Gasteiger partial charge in [-0.05, 0) is 61.8 Å². The summed E-state index contributed by atoms with van der Waals surface area (Å²) in [5.74, 6) is -0.256. The van der Waals surface area contributed by atoms with Crippen molar-refractivity contribution in [3.8, 4) is 0 Å². The Balaban J connectivity index is 0.00000289. The fourth-order valence-corrected chi connectivity index (χ4v) is 5.00. The standard InChI is InChI=1S/C23H28F2N4O2.HI/c1-2-26-23(28-10-8-14-13-17(24)6-7-18(14)25)27-9-3-11-29-21(30)19-15-4-5-16(12-15)20(19)22(29)31;/h4-7,13,15-16,19-20H,2-3,8-12H2,1H3,(H2,26,27,28);1H. The summed E-state index contributed by atoms with van der Waals surface area (Å²) in [4.78, 5) is 31.3. The Hall–Kier alpha value is -2.04. The highest BCUT2D eigenvalue weighted by atomic mass is 127. The molecule has 2 bridgehead atoms. The molecule has 3 aliphatic rings. The molecule has 6 nitrogen and oxygen atoms in total. The molecule has 0 spiro atoms. The number of fused-ring (bicyclic) bond motifs is 5. The summed E-state index contributed by atoms with van der Waals surface area (Å²) in [7, 11) is 0. The van der Waals surface area contributed by atoms with Gasteiger partial charge in [0.15, 0.2) is 5.96 Å². The Kier molecular flexibility index (Phi) is 8.24. The number of nitrogens with zero attached hydrogens (tertiary/aromatic N) is 2. The monoisotopic (exact) mass is 558 g/mol. The fourth-order valence-electron chi connectivity index (χ4n) is 5.00. The van der Waals surface area contributed by atoms with E-state index >= 15 is 0 Å². The molecule has 2 N–H and O–H groups in total. The first-order valence-corrected chi connectivity index (χ1v) is 11.0. The van der Waals surface area contributed by atoms with Crippen LogP contribution in [0.25, 0.3) is 0 Å². The molecule has 1 aromatic carbocycles. The number of benzene rings is 1. The summed E-state index contributed by atoms with van der Waals surface area (Å²) in [6.07, 6.45) is 6.02. The SMILES string of the molecule is CCNC(=NCCCN1C(=O)C2C3C=CC(C3)C2C1=O)NCCc1cc(F)ccc1F.I. The Morgan fingerprint density at radius 2 is 1.81 bits per heavy atom. The highest BCUT2D eigenvalue weighted by Crippen LogP contribution is 2.52. The predicted octanol–water partition coefficient (Wildman–Crippen LogP) is 2.88. The molecule has 1 heterocycles. The van der Waals surface area contributed by atoms with Gasteiger partial charge in [-0.15, -0.1) is 24.0 Å². The van der Waals surface area contributed by atoms with Crippen molar-refractivity contribution < 1.29 is 18.4 Å². The predicted molar refractivity (Wildman–Crippen MR) is 129 cm³/mol. The maximum atomic E-state index is 13.7. The van der Waals surface area contributed by atoms with E-state index < -0.39 is 11.6 Å². The number of aliphatic imine (C=N–C) groups is 1. The average Bonchev–Trinajstić information content (AvgIpc) is 3.43. The van der Waals surface area contributed by atoms with Crippen LogP contribution in [0.3, 0.4) is 0 Å². The molecule has 1 aliphatic heterocycles. The number of imide groups is 1. The first kappa shape index (κ1) is 24.6. The smallest absolute Gasteiger partial charge is 0.233 e. The molecule has 2 amide bonds. The number of guanidine groups is 1. The lowest BCUT2D eigenvalue weighted by molar-refractivity contribution is -0.140. The minimum Gasteiger partial charge on any atom is -0.357 e. The summed E-state index contributed by atoms with van der Waals surface area (Å²) >= 11 is 0. The lowest BCUT2D eigenvalue weighted by Crippen LogP contribution is -2.38. The maximum Gasteiger partial charge on any atom is 0.233 e. The maximum absolute atomic E-state index is 13.7. The Morgan fingerprint density at radius 1 is 1.12 bits per heavy atom. The first-order chi connectivity index (χ1) is 15.0. The van der Waals surface area contributed by atoms with Gasteiger partial charge in [0.05, 0.1) is 11.8 Å². The average molecular weight is 558 g/mol. The number of hydrogen-bond donors (Lipinski definition) is 2. The van der Waals surface area contributed by atoms with E-state index in [9.17, 15) is 18.4 Å². The Morgan fingerprint density at radius 3 is 2.47 bits per heavy atom. The van der Waals surface area contributed by atoms with Crippen LogP contribution < -0.4 is 10.6 Å². The molecule has 2 fully saturated rings. The van der Waals surface area contributed by atoms with Crippen LogP contribution in [0.15, 0.2) is 35.3 Å². The molecule has 0 aromatic heterocycles. The minimum absolute atomic E-state index is 0. The van der Waals surface area contributed by atoms with Crippen LogP contribution in [-0.2, 0) is 16.0 Å². The summed E-state index contributed by atoms with van der Waals surface area (Å²) in [5.41, 5.74) is 0.309. The normalized spacial score (nSPS) is 25.8. The van der Waals surface area contributed by atoms with Crippen molar-refractivity contribution in [2.75, 3.05) is 26.2 Å². The molecule has 4 atom stereocenters. The van der Waals surface area contributed by atoms with E-state index in [1.54, 1.807) is 0 Å². The topological polar surface area (TPSA) is 73.8 Å². The Bertz CT molecular complexity index is 893. The van der Waals surface area contributed by atoms with Crippen molar-refractivity contribution in [3.05, 3.63) is 47.5 Å². The van der Waals surface area contributed by atoms with Crippen molar-refractivity contribution in [2.45, 2.75) is 26.2 Å². The molecule has 1 saturated carbocycles. The van der Waals surface area contributed by atoms with E-state index in [4.69, 9.17) is 0 Å². The van der Waals surface area contributed by atoms with Crippen LogP contribution >= 0.6 is 24.0 Å². The number of likely N-dealkylation sites (tertiary alicyclic amines) is 1. The molecule has 4 unspecified atom stereocenters. The largest absolute Gasteiger partial charge is 0.357 e. The van der Waals surface area contributed by atoms with Crippen molar-refractivity contribution in [1.82, 2.24) is 15.5 Å². The number of allylic oxidation sites excluding steroid dienone is 2. The second kappa shape index (κ2) is 10.7. The van der Waals surface area contributed by atoms with Crippen LogP contribution in [0.4, 0.5) is 8.78 Å². The molecule has 9 heteroatoms. The summed E-state index contributed by atoms with van der Waals surface area (Å²) in [6, 6.07) is 3.42. The van der Waals surface area contributed by atoms with E-state index in [1.165, 1.54) is 11.0 Å². The van der Waals surface area contributed by atoms with Gasteiger partial charge in [-0.2, -0.15) is 0 Å². The van der Waals surface area contributed by atoms with Crippen LogP contribution in [0.2, 0.25) is 0 Å². The van der Waals surface area contributed by atoms with Crippen molar-refractivity contribution in [1.29, 1.82) is 0 Å². The molecular weight excluding hydrogens is 529 g/mol. The van der Waals surface area contributed by atoms with Gasteiger partial charge in [0.1, 0.15) is 11.6 Å². The quantitative estimate of drug-likeness (QED) is 0.129. The number of nitrogens with one attached hydrogen (secondary N) is 2. The molecule has 1 saturated heterocycles. The van der Waals surface area contributed by atoms with Crippen LogP contribution in [-0.4, -0.2) is 48.9 Å². The van der Waals surface area contributed by atoms with Crippen molar-refractivity contribution in [3.63, 3.8) is 0 Å². The molecule has 0 radical (unpaired) electrons. The van der Waals surface area contributed by atoms with Gasteiger partial charge in [-0.1, -0.05) is 12.2 Å². The number of amides is 2. The van der Waals surface area contributed by atoms with E-state index in [-0.39, 0.29) is 59.5 Å². The van der Waals surface area contributed by atoms with E-state index in [0.717, 1.165) is 18.6 Å². The van der Waals surface area contributed by atoms with Gasteiger partial charge in [0.25, 0.3) is 0 Å². The minimum atomic E-state index is -0.462. The fraction of sp³-hybridized carbons (Fsp3) is 0.522. The van der Waals surface area contributed by atoms with Gasteiger partial charge >= 0.3 is 0 Å². The van der Waals surface area contributed by atoms with Crippen LogP contribution in [0.1, 0.15) is 25.3 Å². The molecule has 4 rings (SSSR count). The molecule has 1 aromatic rings. The van der Waals surface area contributed by atoms with Crippen LogP contribution in [0, 0.1) is 35.3 Å². The third-order valence-electron chi connectivity index (χ3n) is 6.41. The summed E-state index contributed by atoms with van der Waals surface area (Å²) in [6.45, 7) is 3.81. The number of rotatable bonds is 8. The molecular formula is C23H29F2IN4O2. The second-order valence-corrected chi connectivity index (χ2v) is 8.35. The van der Waals surface area contributed by atoms with Gasteiger partial charge in [-0.3, -0.25) is 19.5 Å². The van der Waals surface area contributed by atoms with Crippen molar-refractivity contribution >= 4 is 41.8 Å². The molecule has 174 valence electrons. The highest BCUT2D eigenvalue weighted by Gasteiger charge is 2.58. The number of carbonyl (C=O) groups is 2. The van der Waals surface area contributed by atoms with Gasteiger partial charge < -0.3 is 10.6 Å².